The normalized spacial score (nSPS) is 12.5. The van der Waals surface area contributed by atoms with Gasteiger partial charge in [-0.15, -0.1) is 0 Å². The highest BCUT2D eigenvalue weighted by atomic mass is 35.5. The molecular weight excluding hydrogens is 541 g/mol. The van der Waals surface area contributed by atoms with Gasteiger partial charge < -0.3 is 10.2 Å². The number of carbonyl (C=O) groups is 2. The molecule has 0 aliphatic heterocycles. The molecule has 1 atom stereocenters. The Kier molecular flexibility index (Phi) is 9.40. The summed E-state index contributed by atoms with van der Waals surface area (Å²) in [6.45, 7) is 8.18. The van der Waals surface area contributed by atoms with Gasteiger partial charge in [0.2, 0.25) is 11.8 Å². The number of carbonyl (C=O) groups excluding carboxylic acids is 2. The maximum Gasteiger partial charge on any atom is 0.264 e. The van der Waals surface area contributed by atoms with Crippen LogP contribution in [0.25, 0.3) is 0 Å². The molecule has 0 aromatic heterocycles. The zero-order valence-corrected chi connectivity index (χ0v) is 24.2. The second kappa shape index (κ2) is 12.2. The predicted molar refractivity (Wildman–Crippen MR) is 151 cm³/mol. The van der Waals surface area contributed by atoms with Crippen molar-refractivity contribution >= 4 is 39.1 Å². The average Bonchev–Trinajstić information content (AvgIpc) is 2.87. The number of halogens is 2. The Labute approximate surface area is 234 Å². The van der Waals surface area contributed by atoms with Gasteiger partial charge in [-0.1, -0.05) is 48.0 Å². The molecule has 3 aromatic rings. The fraction of sp³-hybridized carbons (Fsp3) is 0.310. The summed E-state index contributed by atoms with van der Waals surface area (Å²) in [5.41, 5.74) is 0.971. The van der Waals surface area contributed by atoms with Crippen molar-refractivity contribution in [1.82, 2.24) is 10.2 Å². The van der Waals surface area contributed by atoms with Crippen LogP contribution in [0.2, 0.25) is 5.02 Å². The number of anilines is 1. The third kappa shape index (κ3) is 7.80. The summed E-state index contributed by atoms with van der Waals surface area (Å²) in [5, 5.41) is 3.20. The number of aryl methyl sites for hydroxylation is 1. The standard InChI is InChI=1S/C29H33ClFN3O4S/c1-20-11-16-24(17-26(20)30)34(39(37,38)25-9-7-6-8-10-25)19-27(35)33(18-22-12-14-23(31)15-13-22)21(2)28(36)32-29(3,4)5/h6-17,21H,18-19H2,1-5H3,(H,32,36). The second-order valence-electron chi connectivity index (χ2n) is 10.3. The van der Waals surface area contributed by atoms with E-state index in [0.29, 0.717) is 10.6 Å². The van der Waals surface area contributed by atoms with Crippen LogP contribution in [0.1, 0.15) is 38.8 Å². The summed E-state index contributed by atoms with van der Waals surface area (Å²) in [6.07, 6.45) is 0. The van der Waals surface area contributed by atoms with E-state index in [-0.39, 0.29) is 17.1 Å². The molecule has 3 rings (SSSR count). The van der Waals surface area contributed by atoms with Crippen molar-refractivity contribution in [3.63, 3.8) is 0 Å². The van der Waals surface area contributed by atoms with E-state index in [2.05, 4.69) is 5.32 Å². The van der Waals surface area contributed by atoms with E-state index in [1.54, 1.807) is 44.2 Å². The van der Waals surface area contributed by atoms with Crippen molar-refractivity contribution < 1.29 is 22.4 Å². The fourth-order valence-electron chi connectivity index (χ4n) is 3.83. The van der Waals surface area contributed by atoms with E-state index in [1.807, 2.05) is 20.8 Å². The predicted octanol–water partition coefficient (Wildman–Crippen LogP) is 5.31. The number of hydrogen-bond acceptors (Lipinski definition) is 4. The second-order valence-corrected chi connectivity index (χ2v) is 12.6. The van der Waals surface area contributed by atoms with E-state index in [1.165, 1.54) is 47.4 Å². The van der Waals surface area contributed by atoms with Crippen molar-refractivity contribution in [2.75, 3.05) is 10.8 Å². The first kappa shape index (κ1) is 30.1. The molecule has 0 aliphatic rings. The largest absolute Gasteiger partial charge is 0.350 e. The first-order chi connectivity index (χ1) is 18.2. The summed E-state index contributed by atoms with van der Waals surface area (Å²) >= 11 is 6.33. The molecule has 1 unspecified atom stereocenters. The molecule has 0 aliphatic carbocycles. The van der Waals surface area contributed by atoms with Crippen LogP contribution >= 0.6 is 11.6 Å². The number of rotatable bonds is 9. The van der Waals surface area contributed by atoms with Gasteiger partial charge in [0.1, 0.15) is 18.4 Å². The molecule has 1 N–H and O–H groups in total. The van der Waals surface area contributed by atoms with Crippen molar-refractivity contribution in [1.29, 1.82) is 0 Å². The van der Waals surface area contributed by atoms with Crippen molar-refractivity contribution in [3.8, 4) is 0 Å². The van der Waals surface area contributed by atoms with Crippen molar-refractivity contribution in [2.45, 2.75) is 57.6 Å². The molecule has 2 amide bonds. The molecule has 0 radical (unpaired) electrons. The molecule has 3 aromatic carbocycles. The molecule has 0 spiro atoms. The average molecular weight is 574 g/mol. The van der Waals surface area contributed by atoms with Gasteiger partial charge in [-0.3, -0.25) is 13.9 Å². The zero-order chi connectivity index (χ0) is 29.0. The Morgan fingerprint density at radius 1 is 1.00 bits per heavy atom. The molecule has 0 saturated heterocycles. The maximum absolute atomic E-state index is 13.9. The monoisotopic (exact) mass is 573 g/mol. The topological polar surface area (TPSA) is 86.8 Å². The molecule has 39 heavy (non-hydrogen) atoms. The Bertz CT molecular complexity index is 1430. The van der Waals surface area contributed by atoms with Crippen LogP contribution in [0.3, 0.4) is 0 Å². The van der Waals surface area contributed by atoms with Gasteiger partial charge in [0.05, 0.1) is 10.6 Å². The van der Waals surface area contributed by atoms with E-state index >= 15 is 0 Å². The summed E-state index contributed by atoms with van der Waals surface area (Å²) in [4.78, 5) is 28.3. The first-order valence-corrected chi connectivity index (χ1v) is 14.2. The molecule has 208 valence electrons. The van der Waals surface area contributed by atoms with Crippen LogP contribution in [-0.4, -0.2) is 43.3 Å². The summed E-state index contributed by atoms with van der Waals surface area (Å²) < 4.78 is 42.1. The quantitative estimate of drug-likeness (QED) is 0.376. The maximum atomic E-state index is 13.9. The van der Waals surface area contributed by atoms with Gasteiger partial charge in [0.25, 0.3) is 10.0 Å². The van der Waals surface area contributed by atoms with Crippen LogP contribution < -0.4 is 9.62 Å². The van der Waals surface area contributed by atoms with Crippen LogP contribution in [0.5, 0.6) is 0 Å². The molecule has 7 nitrogen and oxygen atoms in total. The van der Waals surface area contributed by atoms with E-state index in [4.69, 9.17) is 11.6 Å². The Morgan fingerprint density at radius 2 is 1.62 bits per heavy atom. The van der Waals surface area contributed by atoms with Gasteiger partial charge in [-0.05, 0) is 82.1 Å². The number of sulfonamides is 1. The lowest BCUT2D eigenvalue weighted by atomic mass is 10.1. The Hall–Kier alpha value is -3.43. The number of benzene rings is 3. The van der Waals surface area contributed by atoms with Gasteiger partial charge in [0, 0.05) is 17.1 Å². The molecule has 0 bridgehead atoms. The minimum Gasteiger partial charge on any atom is -0.350 e. The molecule has 0 fully saturated rings. The summed E-state index contributed by atoms with van der Waals surface area (Å²) in [6, 6.07) is 17.1. The number of amides is 2. The summed E-state index contributed by atoms with van der Waals surface area (Å²) in [5.74, 6) is -1.47. The van der Waals surface area contributed by atoms with Crippen molar-refractivity contribution in [2.24, 2.45) is 0 Å². The van der Waals surface area contributed by atoms with E-state index < -0.39 is 45.8 Å². The van der Waals surface area contributed by atoms with Crippen LogP contribution in [0.15, 0.2) is 77.7 Å². The highest BCUT2D eigenvalue weighted by Gasteiger charge is 2.33. The van der Waals surface area contributed by atoms with Gasteiger partial charge in [-0.2, -0.15) is 0 Å². The highest BCUT2D eigenvalue weighted by Crippen LogP contribution is 2.28. The van der Waals surface area contributed by atoms with Crippen LogP contribution in [0, 0.1) is 12.7 Å². The fourth-order valence-corrected chi connectivity index (χ4v) is 5.43. The highest BCUT2D eigenvalue weighted by molar-refractivity contribution is 7.92. The minimum absolute atomic E-state index is 0.00175. The van der Waals surface area contributed by atoms with Gasteiger partial charge >= 0.3 is 0 Å². The third-order valence-corrected chi connectivity index (χ3v) is 8.18. The number of nitrogens with zero attached hydrogens (tertiary/aromatic N) is 2. The third-order valence-electron chi connectivity index (χ3n) is 5.99. The first-order valence-electron chi connectivity index (χ1n) is 12.4. The molecule has 0 saturated carbocycles. The van der Waals surface area contributed by atoms with Crippen LogP contribution in [-0.2, 0) is 26.2 Å². The SMILES string of the molecule is Cc1ccc(N(CC(=O)N(Cc2ccc(F)cc2)C(C)C(=O)NC(C)(C)C)S(=O)(=O)c2ccccc2)cc1Cl. The van der Waals surface area contributed by atoms with Gasteiger partial charge in [0.15, 0.2) is 0 Å². The van der Waals surface area contributed by atoms with E-state index in [0.717, 1.165) is 9.87 Å². The lowest BCUT2D eigenvalue weighted by Gasteiger charge is -2.33. The van der Waals surface area contributed by atoms with Crippen molar-refractivity contribution in [3.05, 3.63) is 94.8 Å². The Balaban J connectivity index is 2.04. The van der Waals surface area contributed by atoms with Gasteiger partial charge in [-0.25, -0.2) is 12.8 Å². The lowest BCUT2D eigenvalue weighted by Crippen LogP contribution is -2.54. The Morgan fingerprint density at radius 3 is 2.18 bits per heavy atom. The van der Waals surface area contributed by atoms with E-state index in [9.17, 15) is 22.4 Å². The summed E-state index contributed by atoms with van der Waals surface area (Å²) in [7, 11) is -4.19. The molecule has 0 heterocycles. The smallest absolute Gasteiger partial charge is 0.264 e. The van der Waals surface area contributed by atoms with Crippen LogP contribution in [0.4, 0.5) is 10.1 Å². The minimum atomic E-state index is -4.19. The zero-order valence-electron chi connectivity index (χ0n) is 22.6. The molecular formula is C29H33ClFN3O4S. The lowest BCUT2D eigenvalue weighted by molar-refractivity contribution is -0.140. The number of hydrogen-bond donors (Lipinski definition) is 1. The molecule has 10 heteroatoms. The number of nitrogens with one attached hydrogen (secondary N) is 1.